The molecule has 0 saturated carbocycles. The first-order valence-electron chi connectivity index (χ1n) is 13.1. The van der Waals surface area contributed by atoms with Crippen LogP contribution < -0.4 is 4.74 Å². The maximum atomic E-state index is 12.4. The minimum atomic E-state index is -0.953. The minimum Gasteiger partial charge on any atom is -0.496 e. The van der Waals surface area contributed by atoms with Crippen LogP contribution in [0, 0.1) is 0 Å². The number of carbonyl (C=O) groups excluding carboxylic acids is 1. The summed E-state index contributed by atoms with van der Waals surface area (Å²) in [5, 5.41) is 12.1. The van der Waals surface area contributed by atoms with E-state index in [-0.39, 0.29) is 25.2 Å². The molecule has 0 aromatic heterocycles. The molecule has 4 aromatic rings. The van der Waals surface area contributed by atoms with E-state index in [2.05, 4.69) is 0 Å². The van der Waals surface area contributed by atoms with Crippen molar-refractivity contribution in [2.45, 2.75) is 31.7 Å². The summed E-state index contributed by atoms with van der Waals surface area (Å²) < 4.78 is 17.6. The maximum Gasteiger partial charge on any atom is 0.407 e. The number of carbonyl (C=O) groups is 2. The summed E-state index contributed by atoms with van der Waals surface area (Å²) >= 11 is 6.10. The number of hydrogen-bond donors (Lipinski definition) is 1. The molecule has 0 bridgehead atoms. The first-order valence-corrected chi connectivity index (χ1v) is 13.5. The Kier molecular flexibility index (Phi) is 8.53. The van der Waals surface area contributed by atoms with E-state index in [9.17, 15) is 14.7 Å². The van der Waals surface area contributed by atoms with Gasteiger partial charge in [0.25, 0.3) is 0 Å². The van der Waals surface area contributed by atoms with Crippen molar-refractivity contribution >= 4 is 34.4 Å². The predicted molar refractivity (Wildman–Crippen MR) is 153 cm³/mol. The Balaban J connectivity index is 1.29. The maximum absolute atomic E-state index is 12.4. The molecule has 8 heteroatoms. The zero-order valence-corrected chi connectivity index (χ0v) is 22.8. The number of nitrogens with zero attached hydrogens (tertiary/aromatic N) is 1. The summed E-state index contributed by atoms with van der Waals surface area (Å²) in [6, 6.07) is 26.6. The van der Waals surface area contributed by atoms with E-state index in [1.807, 2.05) is 60.7 Å². The lowest BCUT2D eigenvalue weighted by Gasteiger charge is -2.37. The fraction of sp³-hybridized carbons (Fsp3) is 0.250. The van der Waals surface area contributed by atoms with E-state index >= 15 is 0 Å². The highest BCUT2D eigenvalue weighted by Crippen LogP contribution is 2.34. The third-order valence-electron chi connectivity index (χ3n) is 7.32. The topological polar surface area (TPSA) is 85.3 Å². The number of ether oxygens (including phenoxy) is 3. The van der Waals surface area contributed by atoms with Crippen molar-refractivity contribution < 1.29 is 28.9 Å². The third-order valence-corrected chi connectivity index (χ3v) is 7.65. The number of carboxylic acid groups (broad SMARTS) is 1. The number of fused-ring (bicyclic) bond motifs is 1. The van der Waals surface area contributed by atoms with Crippen molar-refractivity contribution in [2.24, 2.45) is 0 Å². The number of rotatable bonds is 8. The van der Waals surface area contributed by atoms with Crippen LogP contribution in [0.15, 0.2) is 84.9 Å². The highest BCUT2D eigenvalue weighted by Gasteiger charge is 2.33. The predicted octanol–water partition coefficient (Wildman–Crippen LogP) is 6.91. The smallest absolute Gasteiger partial charge is 0.407 e. The number of amides is 1. The first kappa shape index (κ1) is 27.5. The zero-order valence-electron chi connectivity index (χ0n) is 22.1. The summed E-state index contributed by atoms with van der Waals surface area (Å²) in [6.07, 6.45) is -0.664. The highest BCUT2D eigenvalue weighted by molar-refractivity contribution is 6.33. The van der Waals surface area contributed by atoms with Gasteiger partial charge in [-0.3, -0.25) is 0 Å². The van der Waals surface area contributed by atoms with Crippen LogP contribution in [0.25, 0.3) is 10.8 Å². The minimum absolute atomic E-state index is 0.00165. The van der Waals surface area contributed by atoms with Crippen LogP contribution >= 0.6 is 11.6 Å². The van der Waals surface area contributed by atoms with E-state index in [0.717, 1.165) is 33.2 Å². The Hall–Kier alpha value is -4.07. The molecule has 0 spiro atoms. The average molecular weight is 560 g/mol. The molecule has 40 heavy (non-hydrogen) atoms. The SMILES string of the molecule is COc1c(COC2CN(C(=O)O)CCC2c2ccc(COC(=O)c3ccccc3Cl)cc2)ccc2ccccc12. The number of likely N-dealkylation sites (tertiary alicyclic amines) is 1. The molecule has 2 unspecified atom stereocenters. The molecule has 1 aliphatic rings. The molecule has 1 saturated heterocycles. The van der Waals surface area contributed by atoms with E-state index < -0.39 is 12.1 Å². The van der Waals surface area contributed by atoms with E-state index in [0.29, 0.717) is 30.2 Å². The van der Waals surface area contributed by atoms with Gasteiger partial charge in [0.05, 0.1) is 37.0 Å². The molecule has 1 fully saturated rings. The number of methoxy groups -OCH3 is 1. The molecule has 4 aromatic carbocycles. The number of hydrogen-bond acceptors (Lipinski definition) is 5. The van der Waals surface area contributed by atoms with Gasteiger partial charge in [0, 0.05) is 23.4 Å². The monoisotopic (exact) mass is 559 g/mol. The number of esters is 1. The molecule has 1 aliphatic heterocycles. The van der Waals surface area contributed by atoms with Crippen molar-refractivity contribution in [3.63, 3.8) is 0 Å². The second-order valence-corrected chi connectivity index (χ2v) is 10.2. The molecule has 1 N–H and O–H groups in total. The van der Waals surface area contributed by atoms with Crippen LogP contribution in [-0.4, -0.2) is 48.4 Å². The summed E-state index contributed by atoms with van der Waals surface area (Å²) in [5.74, 6) is 0.284. The largest absolute Gasteiger partial charge is 0.496 e. The van der Waals surface area contributed by atoms with Crippen LogP contribution in [-0.2, 0) is 22.7 Å². The van der Waals surface area contributed by atoms with Gasteiger partial charge < -0.3 is 24.2 Å². The fourth-order valence-corrected chi connectivity index (χ4v) is 5.41. The lowest BCUT2D eigenvalue weighted by Crippen LogP contribution is -2.46. The summed E-state index contributed by atoms with van der Waals surface area (Å²) in [4.78, 5) is 25.6. The second kappa shape index (κ2) is 12.4. The number of halogens is 1. The molecule has 206 valence electrons. The molecule has 1 amide bonds. The standard InChI is InChI=1S/C32H30ClNO6/c1-38-30-24(15-14-22-6-2-3-7-26(22)30)20-39-29-18-34(32(36)37)17-16-25(29)23-12-10-21(11-13-23)19-40-31(35)27-8-4-5-9-28(27)33/h2-15,25,29H,16-20H2,1H3,(H,36,37). The first-order chi connectivity index (χ1) is 19.4. The summed E-state index contributed by atoms with van der Waals surface area (Å²) in [7, 11) is 1.65. The van der Waals surface area contributed by atoms with Gasteiger partial charge in [-0.25, -0.2) is 9.59 Å². The number of piperidine rings is 1. The van der Waals surface area contributed by atoms with Crippen LogP contribution in [0.1, 0.15) is 39.4 Å². The van der Waals surface area contributed by atoms with Gasteiger partial charge in [0.1, 0.15) is 12.4 Å². The molecule has 2 atom stereocenters. The van der Waals surface area contributed by atoms with Gasteiger partial charge in [0.15, 0.2) is 0 Å². The Morgan fingerprint density at radius 1 is 0.950 bits per heavy atom. The van der Waals surface area contributed by atoms with Gasteiger partial charge in [-0.15, -0.1) is 0 Å². The van der Waals surface area contributed by atoms with Crippen molar-refractivity contribution in [3.05, 3.63) is 112 Å². The van der Waals surface area contributed by atoms with E-state index in [1.165, 1.54) is 4.90 Å². The van der Waals surface area contributed by atoms with Gasteiger partial charge in [0.2, 0.25) is 0 Å². The Bertz CT molecular complexity index is 1510. The average Bonchev–Trinajstić information content (AvgIpc) is 2.98. The van der Waals surface area contributed by atoms with Gasteiger partial charge in [-0.1, -0.05) is 84.4 Å². The van der Waals surface area contributed by atoms with Crippen LogP contribution in [0.2, 0.25) is 5.02 Å². The molecular formula is C32H30ClNO6. The lowest BCUT2D eigenvalue weighted by atomic mass is 9.86. The molecule has 1 heterocycles. The number of benzene rings is 4. The van der Waals surface area contributed by atoms with E-state index in [1.54, 1.807) is 31.4 Å². The third kappa shape index (κ3) is 6.06. The fourth-order valence-electron chi connectivity index (χ4n) is 5.19. The van der Waals surface area contributed by atoms with Crippen molar-refractivity contribution in [1.82, 2.24) is 4.90 Å². The molecule has 7 nitrogen and oxygen atoms in total. The Morgan fingerprint density at radius 2 is 1.70 bits per heavy atom. The van der Waals surface area contributed by atoms with Crippen LogP contribution in [0.5, 0.6) is 5.75 Å². The molecule has 0 radical (unpaired) electrons. The van der Waals surface area contributed by atoms with Gasteiger partial charge >= 0.3 is 12.1 Å². The van der Waals surface area contributed by atoms with Gasteiger partial charge in [-0.05, 0) is 35.1 Å². The van der Waals surface area contributed by atoms with Gasteiger partial charge in [-0.2, -0.15) is 0 Å². The van der Waals surface area contributed by atoms with Crippen LogP contribution in [0.4, 0.5) is 4.79 Å². The second-order valence-electron chi connectivity index (χ2n) is 9.75. The molecular weight excluding hydrogens is 530 g/mol. The zero-order chi connectivity index (χ0) is 28.1. The Morgan fingerprint density at radius 3 is 2.45 bits per heavy atom. The normalized spacial score (nSPS) is 17.0. The van der Waals surface area contributed by atoms with Crippen LogP contribution in [0.3, 0.4) is 0 Å². The van der Waals surface area contributed by atoms with Crippen molar-refractivity contribution in [2.75, 3.05) is 20.2 Å². The van der Waals surface area contributed by atoms with Crippen molar-refractivity contribution in [3.8, 4) is 5.75 Å². The molecule has 5 rings (SSSR count). The highest BCUT2D eigenvalue weighted by atomic mass is 35.5. The lowest BCUT2D eigenvalue weighted by molar-refractivity contribution is -0.0204. The van der Waals surface area contributed by atoms with Crippen molar-refractivity contribution in [1.29, 1.82) is 0 Å². The summed E-state index contributed by atoms with van der Waals surface area (Å²) in [5.41, 5.74) is 3.12. The quantitative estimate of drug-likeness (QED) is 0.236. The van der Waals surface area contributed by atoms with E-state index in [4.69, 9.17) is 25.8 Å². The molecule has 0 aliphatic carbocycles. The summed E-state index contributed by atoms with van der Waals surface area (Å²) in [6.45, 7) is 1.10. The Labute approximate surface area is 237 Å².